The van der Waals surface area contributed by atoms with Crippen LogP contribution in [-0.4, -0.2) is 21.4 Å². The van der Waals surface area contributed by atoms with Gasteiger partial charge < -0.3 is 9.67 Å². The summed E-state index contributed by atoms with van der Waals surface area (Å²) in [7, 11) is 0. The van der Waals surface area contributed by atoms with Crippen molar-refractivity contribution in [2.75, 3.05) is 5.75 Å². The standard InChI is InChI=1S/C15H19NO2S/c1-4-19-9-12-8-16(10(2)3)14-6-5-11(15(17)18)7-13(12)14/h5-8,10H,4,9H2,1-3H3,(H,17,18). The normalized spacial score (nSPS) is 11.4. The van der Waals surface area contributed by atoms with Gasteiger partial charge in [-0.1, -0.05) is 6.92 Å². The second kappa shape index (κ2) is 5.70. The molecule has 4 heteroatoms. The van der Waals surface area contributed by atoms with Crippen molar-refractivity contribution in [3.63, 3.8) is 0 Å². The van der Waals surface area contributed by atoms with Gasteiger partial charge in [0, 0.05) is 28.9 Å². The zero-order valence-electron chi connectivity index (χ0n) is 11.5. The van der Waals surface area contributed by atoms with E-state index in [-0.39, 0.29) is 0 Å². The van der Waals surface area contributed by atoms with E-state index in [1.54, 1.807) is 12.1 Å². The Hall–Kier alpha value is -1.42. The van der Waals surface area contributed by atoms with Gasteiger partial charge in [-0.15, -0.1) is 0 Å². The number of carboxylic acids is 1. The Labute approximate surface area is 117 Å². The van der Waals surface area contributed by atoms with E-state index < -0.39 is 5.97 Å². The van der Waals surface area contributed by atoms with Crippen LogP contribution in [-0.2, 0) is 5.75 Å². The lowest BCUT2D eigenvalue weighted by molar-refractivity contribution is 0.0697. The molecule has 0 aliphatic carbocycles. The van der Waals surface area contributed by atoms with Crippen molar-refractivity contribution < 1.29 is 9.90 Å². The van der Waals surface area contributed by atoms with E-state index in [2.05, 4.69) is 31.5 Å². The van der Waals surface area contributed by atoms with Crippen LogP contribution in [0.1, 0.15) is 42.7 Å². The number of aromatic nitrogens is 1. The Kier molecular flexibility index (Phi) is 4.20. The Morgan fingerprint density at radius 3 is 2.74 bits per heavy atom. The lowest BCUT2D eigenvalue weighted by Gasteiger charge is -2.08. The third-order valence-electron chi connectivity index (χ3n) is 3.18. The van der Waals surface area contributed by atoms with Crippen LogP contribution >= 0.6 is 11.8 Å². The van der Waals surface area contributed by atoms with Gasteiger partial charge in [-0.2, -0.15) is 11.8 Å². The van der Waals surface area contributed by atoms with Crippen LogP contribution in [0.4, 0.5) is 0 Å². The van der Waals surface area contributed by atoms with E-state index in [9.17, 15) is 4.79 Å². The number of hydrogen-bond donors (Lipinski definition) is 1. The molecule has 0 aliphatic rings. The lowest BCUT2D eigenvalue weighted by Crippen LogP contribution is -1.99. The zero-order valence-corrected chi connectivity index (χ0v) is 12.3. The van der Waals surface area contributed by atoms with Gasteiger partial charge in [0.1, 0.15) is 0 Å². The van der Waals surface area contributed by atoms with Gasteiger partial charge in [-0.3, -0.25) is 0 Å². The fraction of sp³-hybridized carbons (Fsp3) is 0.400. The van der Waals surface area contributed by atoms with Crippen LogP contribution in [0.25, 0.3) is 10.9 Å². The minimum absolute atomic E-state index is 0.358. The molecule has 0 aliphatic heterocycles. The Balaban J connectivity index is 2.58. The van der Waals surface area contributed by atoms with Gasteiger partial charge in [0.2, 0.25) is 0 Å². The highest BCUT2D eigenvalue weighted by Crippen LogP contribution is 2.28. The van der Waals surface area contributed by atoms with Crippen molar-refractivity contribution in [3.8, 4) is 0 Å². The van der Waals surface area contributed by atoms with Crippen molar-refractivity contribution in [1.82, 2.24) is 4.57 Å². The summed E-state index contributed by atoms with van der Waals surface area (Å²) in [5.74, 6) is 1.12. The molecule has 0 saturated carbocycles. The summed E-state index contributed by atoms with van der Waals surface area (Å²) in [6, 6.07) is 5.76. The Morgan fingerprint density at radius 1 is 1.42 bits per heavy atom. The molecule has 0 amide bonds. The highest BCUT2D eigenvalue weighted by Gasteiger charge is 2.13. The average Bonchev–Trinajstić information content (AvgIpc) is 2.74. The van der Waals surface area contributed by atoms with E-state index in [1.807, 2.05) is 17.8 Å². The maximum Gasteiger partial charge on any atom is 0.335 e. The summed E-state index contributed by atoms with van der Waals surface area (Å²) in [6.07, 6.45) is 2.16. The van der Waals surface area contributed by atoms with Crippen LogP contribution in [0, 0.1) is 0 Å². The number of thioether (sulfide) groups is 1. The number of carbonyl (C=O) groups is 1. The summed E-state index contributed by atoms with van der Waals surface area (Å²) >= 11 is 1.85. The fourth-order valence-corrected chi connectivity index (χ4v) is 2.87. The zero-order chi connectivity index (χ0) is 14.0. The van der Waals surface area contributed by atoms with E-state index in [1.165, 1.54) is 5.56 Å². The molecular weight excluding hydrogens is 258 g/mol. The van der Waals surface area contributed by atoms with Gasteiger partial charge in [0.15, 0.2) is 0 Å². The van der Waals surface area contributed by atoms with Crippen LogP contribution in [0.2, 0.25) is 0 Å². The first kappa shape index (κ1) is 14.0. The lowest BCUT2D eigenvalue weighted by atomic mass is 10.1. The van der Waals surface area contributed by atoms with Crippen molar-refractivity contribution >= 4 is 28.6 Å². The predicted molar refractivity (Wildman–Crippen MR) is 81.1 cm³/mol. The number of fused-ring (bicyclic) bond motifs is 1. The van der Waals surface area contributed by atoms with Gasteiger partial charge >= 0.3 is 5.97 Å². The van der Waals surface area contributed by atoms with E-state index in [0.29, 0.717) is 11.6 Å². The summed E-state index contributed by atoms with van der Waals surface area (Å²) in [5, 5.41) is 10.2. The van der Waals surface area contributed by atoms with Crippen LogP contribution < -0.4 is 0 Å². The van der Waals surface area contributed by atoms with Crippen LogP contribution in [0.15, 0.2) is 24.4 Å². The summed E-state index contributed by atoms with van der Waals surface area (Å²) < 4.78 is 2.21. The quantitative estimate of drug-likeness (QED) is 0.891. The monoisotopic (exact) mass is 277 g/mol. The maximum absolute atomic E-state index is 11.1. The molecule has 19 heavy (non-hydrogen) atoms. The Morgan fingerprint density at radius 2 is 2.16 bits per heavy atom. The predicted octanol–water partition coefficient (Wildman–Crippen LogP) is 4.17. The molecule has 3 nitrogen and oxygen atoms in total. The third kappa shape index (κ3) is 2.78. The smallest absolute Gasteiger partial charge is 0.335 e. The van der Waals surface area contributed by atoms with Crippen molar-refractivity contribution in [3.05, 3.63) is 35.5 Å². The highest BCUT2D eigenvalue weighted by molar-refractivity contribution is 7.98. The van der Waals surface area contributed by atoms with Crippen molar-refractivity contribution in [1.29, 1.82) is 0 Å². The molecule has 1 N–H and O–H groups in total. The number of benzene rings is 1. The molecule has 1 heterocycles. The van der Waals surface area contributed by atoms with Gasteiger partial charge in [0.25, 0.3) is 0 Å². The summed E-state index contributed by atoms with van der Waals surface area (Å²) in [4.78, 5) is 11.1. The van der Waals surface area contributed by atoms with Gasteiger partial charge in [-0.25, -0.2) is 4.79 Å². The first-order valence-electron chi connectivity index (χ1n) is 6.49. The molecule has 0 atom stereocenters. The average molecular weight is 277 g/mol. The fourth-order valence-electron chi connectivity index (χ4n) is 2.21. The van der Waals surface area contributed by atoms with E-state index in [0.717, 1.165) is 22.4 Å². The molecule has 102 valence electrons. The number of hydrogen-bond acceptors (Lipinski definition) is 2. The maximum atomic E-state index is 11.1. The number of carboxylic acid groups (broad SMARTS) is 1. The molecule has 1 aromatic carbocycles. The summed E-state index contributed by atoms with van der Waals surface area (Å²) in [6.45, 7) is 6.41. The van der Waals surface area contributed by atoms with E-state index >= 15 is 0 Å². The number of rotatable bonds is 5. The minimum atomic E-state index is -0.867. The highest BCUT2D eigenvalue weighted by atomic mass is 32.2. The molecule has 2 rings (SSSR count). The van der Waals surface area contributed by atoms with E-state index in [4.69, 9.17) is 5.11 Å². The molecule has 0 spiro atoms. The molecule has 0 bridgehead atoms. The van der Waals surface area contributed by atoms with Crippen molar-refractivity contribution in [2.45, 2.75) is 32.6 Å². The third-order valence-corrected chi connectivity index (χ3v) is 4.10. The molecule has 0 unspecified atom stereocenters. The molecular formula is C15H19NO2S. The topological polar surface area (TPSA) is 42.2 Å². The largest absolute Gasteiger partial charge is 0.478 e. The molecule has 0 saturated heterocycles. The van der Waals surface area contributed by atoms with Crippen molar-refractivity contribution in [2.24, 2.45) is 0 Å². The molecule has 0 radical (unpaired) electrons. The van der Waals surface area contributed by atoms with Gasteiger partial charge in [-0.05, 0) is 43.4 Å². The van der Waals surface area contributed by atoms with Crippen LogP contribution in [0.5, 0.6) is 0 Å². The SMILES string of the molecule is CCSCc1cn(C(C)C)c2ccc(C(=O)O)cc12. The van der Waals surface area contributed by atoms with Gasteiger partial charge in [0.05, 0.1) is 5.56 Å². The Bertz CT molecular complexity index is 601. The molecule has 2 aromatic rings. The second-order valence-electron chi connectivity index (χ2n) is 4.83. The molecule has 1 aromatic heterocycles. The summed E-state index contributed by atoms with van der Waals surface area (Å²) in [5.41, 5.74) is 2.70. The first-order valence-corrected chi connectivity index (χ1v) is 7.64. The first-order chi connectivity index (χ1) is 9.04. The second-order valence-corrected chi connectivity index (χ2v) is 6.10. The number of aromatic carboxylic acids is 1. The molecule has 0 fully saturated rings. The van der Waals surface area contributed by atoms with Crippen LogP contribution in [0.3, 0.4) is 0 Å². The minimum Gasteiger partial charge on any atom is -0.478 e. The number of nitrogens with zero attached hydrogens (tertiary/aromatic N) is 1.